The summed E-state index contributed by atoms with van der Waals surface area (Å²) in [5.74, 6) is 1.09. The van der Waals surface area contributed by atoms with Crippen molar-refractivity contribution in [2.75, 3.05) is 14.2 Å². The number of hydrogen-bond donors (Lipinski definition) is 0. The molecule has 0 spiro atoms. The molecule has 2 aromatic carbocycles. The third kappa shape index (κ3) is 3.64. The van der Waals surface area contributed by atoms with Gasteiger partial charge in [-0.05, 0) is 30.4 Å². The lowest BCUT2D eigenvalue weighted by atomic mass is 10.1. The smallest absolute Gasteiger partial charge is 0.185 e. The average molecular weight is 303 g/mol. The van der Waals surface area contributed by atoms with Crippen LogP contribution in [0.1, 0.15) is 15.9 Å². The number of benzene rings is 2. The summed E-state index contributed by atoms with van der Waals surface area (Å²) >= 11 is 5.88. The van der Waals surface area contributed by atoms with Crippen LogP contribution in [-0.2, 0) is 0 Å². The number of carbonyl (C=O) groups excluding carboxylic acids is 1. The van der Waals surface area contributed by atoms with E-state index in [9.17, 15) is 4.79 Å². The van der Waals surface area contributed by atoms with E-state index in [1.807, 2.05) is 12.1 Å². The van der Waals surface area contributed by atoms with Crippen molar-refractivity contribution in [3.8, 4) is 11.5 Å². The molecule has 0 amide bonds. The van der Waals surface area contributed by atoms with Crippen LogP contribution >= 0.6 is 11.6 Å². The Morgan fingerprint density at radius 1 is 1.10 bits per heavy atom. The number of hydrogen-bond acceptors (Lipinski definition) is 3. The fourth-order valence-corrected chi connectivity index (χ4v) is 2.14. The van der Waals surface area contributed by atoms with E-state index in [2.05, 4.69) is 0 Å². The summed E-state index contributed by atoms with van der Waals surface area (Å²) in [5, 5.41) is 0.535. The Morgan fingerprint density at radius 3 is 2.52 bits per heavy atom. The van der Waals surface area contributed by atoms with Crippen molar-refractivity contribution in [2.45, 2.75) is 0 Å². The predicted molar refractivity (Wildman–Crippen MR) is 84.4 cm³/mol. The van der Waals surface area contributed by atoms with E-state index in [4.69, 9.17) is 21.1 Å². The molecule has 2 aromatic rings. The number of methoxy groups -OCH3 is 2. The molecule has 0 heterocycles. The summed E-state index contributed by atoms with van der Waals surface area (Å²) in [6.07, 6.45) is 3.19. The van der Waals surface area contributed by atoms with Gasteiger partial charge in [0, 0.05) is 16.1 Å². The Morgan fingerprint density at radius 2 is 1.86 bits per heavy atom. The second kappa shape index (κ2) is 6.95. The van der Waals surface area contributed by atoms with Crippen LogP contribution in [0.5, 0.6) is 11.5 Å². The zero-order chi connectivity index (χ0) is 15.2. The van der Waals surface area contributed by atoms with Crippen LogP contribution < -0.4 is 9.47 Å². The first-order valence-electron chi connectivity index (χ1n) is 6.34. The van der Waals surface area contributed by atoms with Crippen molar-refractivity contribution < 1.29 is 14.3 Å². The topological polar surface area (TPSA) is 35.5 Å². The van der Waals surface area contributed by atoms with Crippen LogP contribution in [0.15, 0.2) is 48.5 Å². The fourth-order valence-electron chi connectivity index (χ4n) is 1.95. The van der Waals surface area contributed by atoms with Crippen molar-refractivity contribution in [1.29, 1.82) is 0 Å². The first-order valence-corrected chi connectivity index (χ1v) is 6.72. The van der Waals surface area contributed by atoms with Gasteiger partial charge in [-0.3, -0.25) is 4.79 Å². The number of rotatable bonds is 5. The number of carbonyl (C=O) groups is 1. The van der Waals surface area contributed by atoms with E-state index < -0.39 is 0 Å². The summed E-state index contributed by atoms with van der Waals surface area (Å²) in [6.45, 7) is 0. The average Bonchev–Trinajstić information content (AvgIpc) is 2.51. The Kier molecular flexibility index (Phi) is 5.01. The SMILES string of the molecule is COc1cccc(C=CC(=O)c2cccc(Cl)c2)c1OC. The first kappa shape index (κ1) is 15.1. The van der Waals surface area contributed by atoms with Crippen molar-refractivity contribution in [3.63, 3.8) is 0 Å². The lowest BCUT2D eigenvalue weighted by Crippen LogP contribution is -1.95. The minimum absolute atomic E-state index is 0.123. The van der Waals surface area contributed by atoms with Crippen LogP contribution in [0.25, 0.3) is 6.08 Å². The highest BCUT2D eigenvalue weighted by atomic mass is 35.5. The molecule has 0 aliphatic rings. The van der Waals surface area contributed by atoms with Crippen LogP contribution in [-0.4, -0.2) is 20.0 Å². The molecule has 3 nitrogen and oxygen atoms in total. The number of para-hydroxylation sites is 1. The van der Waals surface area contributed by atoms with Gasteiger partial charge < -0.3 is 9.47 Å². The molecule has 0 aliphatic carbocycles. The molecule has 21 heavy (non-hydrogen) atoms. The lowest BCUT2D eigenvalue weighted by molar-refractivity contribution is 0.104. The zero-order valence-corrected chi connectivity index (χ0v) is 12.6. The molecule has 108 valence electrons. The minimum Gasteiger partial charge on any atom is -0.493 e. The van der Waals surface area contributed by atoms with Gasteiger partial charge in [-0.1, -0.05) is 35.9 Å². The maximum absolute atomic E-state index is 12.1. The second-order valence-electron chi connectivity index (χ2n) is 4.29. The number of halogens is 1. The third-order valence-corrected chi connectivity index (χ3v) is 3.19. The summed E-state index contributed by atoms with van der Waals surface area (Å²) < 4.78 is 10.5. The first-order chi connectivity index (χ1) is 10.2. The van der Waals surface area contributed by atoms with E-state index in [1.54, 1.807) is 50.6 Å². The molecule has 0 saturated carbocycles. The van der Waals surface area contributed by atoms with E-state index in [-0.39, 0.29) is 5.78 Å². The molecule has 4 heteroatoms. The highest BCUT2D eigenvalue weighted by molar-refractivity contribution is 6.31. The van der Waals surface area contributed by atoms with Crippen LogP contribution in [0.2, 0.25) is 5.02 Å². The Balaban J connectivity index is 2.27. The molecular weight excluding hydrogens is 288 g/mol. The van der Waals surface area contributed by atoms with Gasteiger partial charge in [0.2, 0.25) is 0 Å². The molecule has 0 radical (unpaired) electrons. The minimum atomic E-state index is -0.123. The van der Waals surface area contributed by atoms with Crippen LogP contribution in [0.4, 0.5) is 0 Å². The monoisotopic (exact) mass is 302 g/mol. The van der Waals surface area contributed by atoms with Crippen LogP contribution in [0, 0.1) is 0 Å². The summed E-state index contributed by atoms with van der Waals surface area (Å²) in [7, 11) is 3.14. The van der Waals surface area contributed by atoms with Gasteiger partial charge in [0.25, 0.3) is 0 Å². The maximum atomic E-state index is 12.1. The van der Waals surface area contributed by atoms with Gasteiger partial charge >= 0.3 is 0 Å². The van der Waals surface area contributed by atoms with Gasteiger partial charge in [-0.25, -0.2) is 0 Å². The van der Waals surface area contributed by atoms with Crippen molar-refractivity contribution in [1.82, 2.24) is 0 Å². The zero-order valence-electron chi connectivity index (χ0n) is 11.8. The van der Waals surface area contributed by atoms with Crippen molar-refractivity contribution in [3.05, 3.63) is 64.7 Å². The van der Waals surface area contributed by atoms with Gasteiger partial charge in [-0.2, -0.15) is 0 Å². The van der Waals surface area contributed by atoms with Crippen LogP contribution in [0.3, 0.4) is 0 Å². The quantitative estimate of drug-likeness (QED) is 0.612. The van der Waals surface area contributed by atoms with Crippen molar-refractivity contribution >= 4 is 23.5 Å². The normalized spacial score (nSPS) is 10.6. The summed E-state index contributed by atoms with van der Waals surface area (Å²) in [4.78, 5) is 12.1. The van der Waals surface area contributed by atoms with E-state index in [0.29, 0.717) is 22.1 Å². The molecule has 0 aromatic heterocycles. The molecule has 2 rings (SSSR count). The van der Waals surface area contributed by atoms with E-state index in [0.717, 1.165) is 5.56 Å². The van der Waals surface area contributed by atoms with Crippen molar-refractivity contribution in [2.24, 2.45) is 0 Å². The van der Waals surface area contributed by atoms with Gasteiger partial charge in [-0.15, -0.1) is 0 Å². The lowest BCUT2D eigenvalue weighted by Gasteiger charge is -2.09. The Labute approximate surface area is 128 Å². The van der Waals surface area contributed by atoms with E-state index >= 15 is 0 Å². The van der Waals surface area contributed by atoms with E-state index in [1.165, 1.54) is 6.08 Å². The summed E-state index contributed by atoms with van der Waals surface area (Å²) in [5.41, 5.74) is 1.31. The number of ether oxygens (including phenoxy) is 2. The molecule has 0 unspecified atom stereocenters. The van der Waals surface area contributed by atoms with Gasteiger partial charge in [0.15, 0.2) is 17.3 Å². The molecule has 0 atom stereocenters. The molecule has 0 N–H and O–H groups in total. The van der Waals surface area contributed by atoms with Gasteiger partial charge in [0.1, 0.15) is 0 Å². The third-order valence-electron chi connectivity index (χ3n) is 2.96. The second-order valence-corrected chi connectivity index (χ2v) is 4.73. The molecular formula is C17H15ClO3. The Bertz CT molecular complexity index is 677. The standard InChI is InChI=1S/C17H15ClO3/c1-20-16-8-4-5-12(17(16)21-2)9-10-15(19)13-6-3-7-14(18)11-13/h3-11H,1-2H3. The Hall–Kier alpha value is -2.26. The van der Waals surface area contributed by atoms with Gasteiger partial charge in [0.05, 0.1) is 14.2 Å². The largest absolute Gasteiger partial charge is 0.493 e. The molecule has 0 bridgehead atoms. The molecule has 0 aliphatic heterocycles. The highest BCUT2D eigenvalue weighted by Crippen LogP contribution is 2.31. The number of allylic oxidation sites excluding steroid dienone is 1. The summed E-state index contributed by atoms with van der Waals surface area (Å²) in [6, 6.07) is 12.3. The predicted octanol–water partition coefficient (Wildman–Crippen LogP) is 4.25. The molecule has 0 saturated heterocycles. The highest BCUT2D eigenvalue weighted by Gasteiger charge is 2.08. The maximum Gasteiger partial charge on any atom is 0.185 e. The fraction of sp³-hybridized carbons (Fsp3) is 0.118. The molecule has 0 fully saturated rings. The number of ketones is 1.